The number of hydrogen-bond donors (Lipinski definition) is 0. The molecule has 0 bridgehead atoms. The summed E-state index contributed by atoms with van der Waals surface area (Å²) in [7, 11) is 0. The summed E-state index contributed by atoms with van der Waals surface area (Å²) in [6, 6.07) is 10.3. The first-order chi connectivity index (χ1) is 12.6. The van der Waals surface area contributed by atoms with E-state index in [1.165, 1.54) is 6.07 Å². The highest BCUT2D eigenvalue weighted by atomic mass is 32.2. The molecule has 8 heteroatoms. The second-order valence-electron chi connectivity index (χ2n) is 6.11. The number of halogens is 4. The van der Waals surface area contributed by atoms with E-state index in [9.17, 15) is 27.2 Å². The first kappa shape index (κ1) is 19.4. The number of Topliss-reactive ketones (excluding diaryl/α,β-unsaturated/α-hetero) is 2. The van der Waals surface area contributed by atoms with Crippen molar-refractivity contribution in [2.24, 2.45) is 0 Å². The smallest absolute Gasteiger partial charge is 0.426 e. The largest absolute Gasteiger partial charge is 0.475 e. The second-order valence-corrected chi connectivity index (χ2v) is 7.27. The lowest BCUT2D eigenvalue weighted by Gasteiger charge is -2.31. The standard InChI is InChI=1S/C19H14F4O3S/c1-11-2-4-12(5-3-11)14(24)7-8-15(25)13-6-9-17-16(10-13)26-18(20,21)19(22,23)27-17/h2-6,9-10H,7-8H2,1H3. The number of carbonyl (C=O) groups excluding carboxylic acids is 2. The molecule has 3 rings (SSSR count). The Balaban J connectivity index is 1.69. The van der Waals surface area contributed by atoms with Crippen LogP contribution in [0, 0.1) is 6.92 Å². The fourth-order valence-corrected chi connectivity index (χ4v) is 3.27. The van der Waals surface area contributed by atoms with Crippen molar-refractivity contribution >= 4 is 23.3 Å². The molecule has 0 saturated heterocycles. The van der Waals surface area contributed by atoms with Crippen molar-refractivity contribution in [3.05, 3.63) is 59.2 Å². The molecule has 0 aliphatic carbocycles. The Morgan fingerprint density at radius 1 is 0.926 bits per heavy atom. The molecule has 0 fully saturated rings. The first-order valence-corrected chi connectivity index (χ1v) is 8.81. The van der Waals surface area contributed by atoms with E-state index in [1.807, 2.05) is 6.92 Å². The van der Waals surface area contributed by atoms with E-state index in [0.29, 0.717) is 5.56 Å². The summed E-state index contributed by atoms with van der Waals surface area (Å²) in [5.41, 5.74) is 1.49. The van der Waals surface area contributed by atoms with E-state index in [4.69, 9.17) is 0 Å². The highest BCUT2D eigenvalue weighted by Crippen LogP contribution is 2.54. The number of thioether (sulfide) groups is 1. The van der Waals surface area contributed by atoms with Gasteiger partial charge in [-0.05, 0) is 30.8 Å². The lowest BCUT2D eigenvalue weighted by atomic mass is 10.0. The Bertz CT molecular complexity index is 894. The monoisotopic (exact) mass is 398 g/mol. The van der Waals surface area contributed by atoms with Crippen LogP contribution in [0.1, 0.15) is 39.1 Å². The molecule has 0 aromatic heterocycles. The molecule has 0 spiro atoms. The van der Waals surface area contributed by atoms with Gasteiger partial charge in [0.05, 0.1) is 4.90 Å². The molecule has 0 amide bonds. The zero-order valence-corrected chi connectivity index (χ0v) is 14.9. The summed E-state index contributed by atoms with van der Waals surface area (Å²) in [4.78, 5) is 24.2. The Morgan fingerprint density at radius 2 is 1.48 bits per heavy atom. The van der Waals surface area contributed by atoms with E-state index in [1.54, 1.807) is 24.3 Å². The molecule has 0 atom stereocenters. The molecule has 1 aliphatic rings. The lowest BCUT2D eigenvalue weighted by Crippen LogP contribution is -2.45. The molecule has 1 heterocycles. The fourth-order valence-electron chi connectivity index (χ4n) is 2.50. The zero-order chi connectivity index (χ0) is 19.8. The molecule has 0 radical (unpaired) electrons. The predicted molar refractivity (Wildman–Crippen MR) is 91.9 cm³/mol. The van der Waals surface area contributed by atoms with Crippen molar-refractivity contribution in [2.45, 2.75) is 36.0 Å². The van der Waals surface area contributed by atoms with Gasteiger partial charge < -0.3 is 4.74 Å². The third-order valence-corrected chi connectivity index (χ3v) is 5.08. The normalized spacial score (nSPS) is 16.9. The molecule has 2 aromatic rings. The topological polar surface area (TPSA) is 43.4 Å². The van der Waals surface area contributed by atoms with Crippen LogP contribution in [0.15, 0.2) is 47.4 Å². The van der Waals surface area contributed by atoms with E-state index in [2.05, 4.69) is 4.74 Å². The molecule has 3 nitrogen and oxygen atoms in total. The van der Waals surface area contributed by atoms with Crippen LogP contribution in [0.4, 0.5) is 17.6 Å². The van der Waals surface area contributed by atoms with Gasteiger partial charge in [-0.1, -0.05) is 35.9 Å². The third kappa shape index (κ3) is 4.00. The molecule has 0 N–H and O–H groups in total. The molecule has 0 saturated carbocycles. The number of hydrogen-bond acceptors (Lipinski definition) is 4. The molecule has 0 unspecified atom stereocenters. The maximum Gasteiger partial charge on any atom is 0.475 e. The Hall–Kier alpha value is -2.35. The van der Waals surface area contributed by atoms with Crippen LogP contribution in [0.25, 0.3) is 0 Å². The maximum absolute atomic E-state index is 13.3. The Labute approximate surface area is 156 Å². The number of benzene rings is 2. The predicted octanol–water partition coefficient (Wildman–Crippen LogP) is 5.51. The zero-order valence-electron chi connectivity index (χ0n) is 14.1. The van der Waals surface area contributed by atoms with Gasteiger partial charge in [0.1, 0.15) is 5.75 Å². The van der Waals surface area contributed by atoms with Gasteiger partial charge in [0, 0.05) is 24.0 Å². The van der Waals surface area contributed by atoms with Crippen LogP contribution in [0.2, 0.25) is 0 Å². The number of ether oxygens (including phenoxy) is 1. The molecule has 1 aliphatic heterocycles. The number of aryl methyl sites for hydroxylation is 1. The van der Waals surface area contributed by atoms with Gasteiger partial charge in [-0.25, -0.2) is 0 Å². The summed E-state index contributed by atoms with van der Waals surface area (Å²) in [5.74, 6) is -1.17. The second kappa shape index (κ2) is 6.99. The van der Waals surface area contributed by atoms with Crippen LogP contribution in [-0.2, 0) is 0 Å². The van der Waals surface area contributed by atoms with E-state index >= 15 is 0 Å². The minimum Gasteiger partial charge on any atom is -0.426 e. The highest BCUT2D eigenvalue weighted by molar-refractivity contribution is 8.00. The summed E-state index contributed by atoms with van der Waals surface area (Å²) < 4.78 is 57.4. The SMILES string of the molecule is Cc1ccc(C(=O)CCC(=O)c2ccc3c(c2)OC(F)(F)C(F)(F)S3)cc1. The number of fused-ring (bicyclic) bond motifs is 1. The molecule has 142 valence electrons. The summed E-state index contributed by atoms with van der Waals surface area (Å²) >= 11 is -0.316. The highest BCUT2D eigenvalue weighted by Gasteiger charge is 2.63. The van der Waals surface area contributed by atoms with Crippen LogP contribution in [0.5, 0.6) is 5.75 Å². The van der Waals surface area contributed by atoms with Gasteiger partial charge in [0.2, 0.25) is 0 Å². The Kier molecular flexibility index (Phi) is 5.03. The molecular weight excluding hydrogens is 384 g/mol. The number of carbonyl (C=O) groups is 2. The number of ketones is 2. The van der Waals surface area contributed by atoms with Gasteiger partial charge in [-0.3, -0.25) is 9.59 Å². The van der Waals surface area contributed by atoms with Crippen molar-refractivity contribution in [1.82, 2.24) is 0 Å². The molecule has 2 aromatic carbocycles. The van der Waals surface area contributed by atoms with Crippen molar-refractivity contribution in [1.29, 1.82) is 0 Å². The quantitative estimate of drug-likeness (QED) is 0.492. The Morgan fingerprint density at radius 3 is 2.11 bits per heavy atom. The van der Waals surface area contributed by atoms with Crippen molar-refractivity contribution in [3.63, 3.8) is 0 Å². The van der Waals surface area contributed by atoms with Crippen molar-refractivity contribution in [2.75, 3.05) is 0 Å². The van der Waals surface area contributed by atoms with Crippen LogP contribution in [0.3, 0.4) is 0 Å². The third-order valence-electron chi connectivity index (χ3n) is 4.03. The minimum absolute atomic E-state index is 0.0204. The average Bonchev–Trinajstić information content (AvgIpc) is 2.60. The lowest BCUT2D eigenvalue weighted by molar-refractivity contribution is -0.273. The summed E-state index contributed by atoms with van der Waals surface area (Å²) in [6.07, 6.45) is -4.86. The van der Waals surface area contributed by atoms with Gasteiger partial charge in [0.15, 0.2) is 11.6 Å². The van der Waals surface area contributed by atoms with Crippen molar-refractivity contribution in [3.8, 4) is 5.75 Å². The van der Waals surface area contributed by atoms with Gasteiger partial charge >= 0.3 is 11.4 Å². The van der Waals surface area contributed by atoms with Gasteiger partial charge in [0.25, 0.3) is 0 Å². The van der Waals surface area contributed by atoms with E-state index in [-0.39, 0.29) is 40.8 Å². The maximum atomic E-state index is 13.3. The molecule has 27 heavy (non-hydrogen) atoms. The van der Waals surface area contributed by atoms with Gasteiger partial charge in [-0.15, -0.1) is 0 Å². The summed E-state index contributed by atoms with van der Waals surface area (Å²) in [5, 5.41) is -4.40. The van der Waals surface area contributed by atoms with Crippen molar-refractivity contribution < 1.29 is 31.9 Å². The summed E-state index contributed by atoms with van der Waals surface area (Å²) in [6.45, 7) is 1.88. The first-order valence-electron chi connectivity index (χ1n) is 8.00. The van der Waals surface area contributed by atoms with Crippen LogP contribution >= 0.6 is 11.8 Å². The number of alkyl halides is 4. The van der Waals surface area contributed by atoms with E-state index in [0.717, 1.165) is 17.7 Å². The fraction of sp³-hybridized carbons (Fsp3) is 0.263. The van der Waals surface area contributed by atoms with Crippen LogP contribution in [-0.4, -0.2) is 22.9 Å². The van der Waals surface area contributed by atoms with E-state index < -0.39 is 22.9 Å². The van der Waals surface area contributed by atoms with Gasteiger partial charge in [-0.2, -0.15) is 17.6 Å². The van der Waals surface area contributed by atoms with Crippen LogP contribution < -0.4 is 4.74 Å². The number of rotatable bonds is 5. The molecular formula is C19H14F4O3S. The average molecular weight is 398 g/mol. The minimum atomic E-state index is -4.67.